The van der Waals surface area contributed by atoms with Crippen molar-refractivity contribution in [2.75, 3.05) is 19.6 Å². The molecule has 0 bridgehead atoms. The molecule has 0 aliphatic carbocycles. The second kappa shape index (κ2) is 6.12. The normalized spacial score (nSPS) is 21.0. The minimum atomic E-state index is 0.607. The molecule has 1 saturated heterocycles. The van der Waals surface area contributed by atoms with Crippen molar-refractivity contribution >= 4 is 0 Å². The van der Waals surface area contributed by atoms with Crippen LogP contribution in [0.5, 0.6) is 0 Å². The molecule has 1 N–H and O–H groups in total. The van der Waals surface area contributed by atoms with Crippen LogP contribution >= 0.6 is 0 Å². The van der Waals surface area contributed by atoms with Gasteiger partial charge in [0.25, 0.3) is 0 Å². The van der Waals surface area contributed by atoms with E-state index in [0.29, 0.717) is 11.9 Å². The van der Waals surface area contributed by atoms with Crippen molar-refractivity contribution in [2.45, 2.75) is 45.7 Å². The summed E-state index contributed by atoms with van der Waals surface area (Å²) in [6.07, 6.45) is 3.68. The molecule has 2 heterocycles. The minimum absolute atomic E-state index is 0.607. The van der Waals surface area contributed by atoms with Gasteiger partial charge in [-0.2, -0.15) is 0 Å². The average molecular weight is 238 g/mol. The summed E-state index contributed by atoms with van der Waals surface area (Å²) < 4.78 is 5.47. The van der Waals surface area contributed by atoms with E-state index >= 15 is 0 Å². The lowest BCUT2D eigenvalue weighted by Gasteiger charge is -2.33. The maximum absolute atomic E-state index is 5.47. The Labute approximate surface area is 103 Å². The predicted molar refractivity (Wildman–Crippen MR) is 65.6 cm³/mol. The summed E-state index contributed by atoms with van der Waals surface area (Å²) >= 11 is 0. The summed E-state index contributed by atoms with van der Waals surface area (Å²) in [7, 11) is 0. The summed E-state index contributed by atoms with van der Waals surface area (Å²) in [4.78, 5) is 2.46. The van der Waals surface area contributed by atoms with Gasteiger partial charge in [0, 0.05) is 19.5 Å². The Kier molecular flexibility index (Phi) is 4.50. The monoisotopic (exact) mass is 238 g/mol. The van der Waals surface area contributed by atoms with Gasteiger partial charge in [-0.25, -0.2) is 0 Å². The van der Waals surface area contributed by atoms with Gasteiger partial charge in [-0.05, 0) is 32.4 Å². The Bertz CT molecular complexity index is 333. The van der Waals surface area contributed by atoms with E-state index < -0.39 is 0 Å². The number of nitrogens with zero attached hydrogens (tertiary/aromatic N) is 3. The van der Waals surface area contributed by atoms with Gasteiger partial charge in [-0.1, -0.05) is 6.92 Å². The maximum Gasteiger partial charge on any atom is 0.230 e. The molecule has 17 heavy (non-hydrogen) atoms. The van der Waals surface area contributed by atoms with Gasteiger partial charge in [0.2, 0.25) is 11.8 Å². The highest BCUT2D eigenvalue weighted by molar-refractivity contribution is 4.84. The number of hydrogen-bond donors (Lipinski definition) is 1. The molecule has 5 heteroatoms. The summed E-state index contributed by atoms with van der Waals surface area (Å²) in [6, 6.07) is 0.607. The molecule has 96 valence electrons. The van der Waals surface area contributed by atoms with Crippen LogP contribution in [0.2, 0.25) is 0 Å². The molecule has 5 nitrogen and oxygen atoms in total. The summed E-state index contributed by atoms with van der Waals surface area (Å²) in [5.74, 6) is 1.39. The lowest BCUT2D eigenvalue weighted by atomic mass is 10.1. The Morgan fingerprint density at radius 2 is 2.35 bits per heavy atom. The lowest BCUT2D eigenvalue weighted by Crippen LogP contribution is -2.45. The first-order valence-electron chi connectivity index (χ1n) is 6.53. The van der Waals surface area contributed by atoms with Crippen molar-refractivity contribution in [3.8, 4) is 0 Å². The Morgan fingerprint density at radius 1 is 1.47 bits per heavy atom. The van der Waals surface area contributed by atoms with Crippen LogP contribution in [0.1, 0.15) is 38.0 Å². The van der Waals surface area contributed by atoms with Crippen LogP contribution in [0, 0.1) is 6.92 Å². The highest BCUT2D eigenvalue weighted by atomic mass is 16.4. The quantitative estimate of drug-likeness (QED) is 0.839. The highest BCUT2D eigenvalue weighted by Crippen LogP contribution is 2.14. The number of aromatic nitrogens is 2. The van der Waals surface area contributed by atoms with Gasteiger partial charge < -0.3 is 9.73 Å². The molecule has 0 saturated carbocycles. The standard InChI is InChI=1S/C12H22N4O/c1-3-7-16(11-5-4-6-13-8-11)9-12-15-14-10(2)17-12/h11,13H,3-9H2,1-2H3. The molecule has 0 aromatic carbocycles. The largest absolute Gasteiger partial charge is 0.424 e. The highest BCUT2D eigenvalue weighted by Gasteiger charge is 2.21. The third-order valence-electron chi connectivity index (χ3n) is 3.20. The molecule has 1 aliphatic heterocycles. The number of rotatable bonds is 5. The van der Waals surface area contributed by atoms with Gasteiger partial charge >= 0.3 is 0 Å². The van der Waals surface area contributed by atoms with Gasteiger partial charge in [0.1, 0.15) is 0 Å². The zero-order valence-corrected chi connectivity index (χ0v) is 10.8. The van der Waals surface area contributed by atoms with Crippen molar-refractivity contribution in [3.63, 3.8) is 0 Å². The fourth-order valence-corrected chi connectivity index (χ4v) is 2.40. The molecule has 1 aromatic heterocycles. The minimum Gasteiger partial charge on any atom is -0.424 e. The molecule has 1 unspecified atom stereocenters. The van der Waals surface area contributed by atoms with Crippen molar-refractivity contribution in [1.29, 1.82) is 0 Å². The van der Waals surface area contributed by atoms with Gasteiger partial charge in [-0.3, -0.25) is 4.90 Å². The first-order chi connectivity index (χ1) is 8.29. The van der Waals surface area contributed by atoms with Gasteiger partial charge in [0.05, 0.1) is 6.54 Å². The Balaban J connectivity index is 1.95. The molecule has 1 aromatic rings. The van der Waals surface area contributed by atoms with Crippen LogP contribution in [0.15, 0.2) is 4.42 Å². The van der Waals surface area contributed by atoms with E-state index in [9.17, 15) is 0 Å². The van der Waals surface area contributed by atoms with Crippen LogP contribution < -0.4 is 5.32 Å². The first kappa shape index (κ1) is 12.5. The molecule has 2 rings (SSSR count). The van der Waals surface area contributed by atoms with E-state index in [-0.39, 0.29) is 0 Å². The number of hydrogen-bond acceptors (Lipinski definition) is 5. The first-order valence-corrected chi connectivity index (χ1v) is 6.53. The fraction of sp³-hybridized carbons (Fsp3) is 0.833. The van der Waals surface area contributed by atoms with E-state index in [0.717, 1.165) is 38.5 Å². The predicted octanol–water partition coefficient (Wildman–Crippen LogP) is 1.34. The summed E-state index contributed by atoms with van der Waals surface area (Å²) in [6.45, 7) is 8.14. The number of aryl methyl sites for hydroxylation is 1. The number of piperidine rings is 1. The third kappa shape index (κ3) is 3.51. The molecule has 0 amide bonds. The second-order valence-electron chi connectivity index (χ2n) is 4.69. The van der Waals surface area contributed by atoms with Crippen LogP contribution in [-0.2, 0) is 6.54 Å². The second-order valence-corrected chi connectivity index (χ2v) is 4.69. The molecule has 1 aliphatic rings. The molecular weight excluding hydrogens is 216 g/mol. The third-order valence-corrected chi connectivity index (χ3v) is 3.20. The average Bonchev–Trinajstić information content (AvgIpc) is 2.75. The smallest absolute Gasteiger partial charge is 0.230 e. The molecule has 0 radical (unpaired) electrons. The molecule has 1 atom stereocenters. The SMILES string of the molecule is CCCN(Cc1nnc(C)o1)C1CCCNC1. The summed E-state index contributed by atoms with van der Waals surface area (Å²) in [5, 5.41) is 11.4. The van der Waals surface area contributed by atoms with Crippen LogP contribution in [0.3, 0.4) is 0 Å². The number of nitrogens with one attached hydrogen (secondary N) is 1. The fourth-order valence-electron chi connectivity index (χ4n) is 2.40. The van der Waals surface area contributed by atoms with Crippen molar-refractivity contribution in [2.24, 2.45) is 0 Å². The Morgan fingerprint density at radius 3 is 2.94 bits per heavy atom. The van der Waals surface area contributed by atoms with Crippen molar-refractivity contribution in [3.05, 3.63) is 11.8 Å². The zero-order chi connectivity index (χ0) is 12.1. The summed E-state index contributed by atoms with van der Waals surface area (Å²) in [5.41, 5.74) is 0. The van der Waals surface area contributed by atoms with Crippen LogP contribution in [0.4, 0.5) is 0 Å². The lowest BCUT2D eigenvalue weighted by molar-refractivity contribution is 0.144. The topological polar surface area (TPSA) is 54.2 Å². The Hall–Kier alpha value is -0.940. The van der Waals surface area contributed by atoms with E-state index in [1.165, 1.54) is 12.8 Å². The van der Waals surface area contributed by atoms with E-state index in [2.05, 4.69) is 27.3 Å². The van der Waals surface area contributed by atoms with Crippen molar-refractivity contribution in [1.82, 2.24) is 20.4 Å². The van der Waals surface area contributed by atoms with E-state index in [1.807, 2.05) is 6.92 Å². The van der Waals surface area contributed by atoms with Gasteiger partial charge in [0.15, 0.2) is 0 Å². The molecular formula is C12H22N4O. The zero-order valence-electron chi connectivity index (χ0n) is 10.8. The molecule has 1 fully saturated rings. The van der Waals surface area contributed by atoms with Crippen LogP contribution in [0.25, 0.3) is 0 Å². The molecule has 0 spiro atoms. The van der Waals surface area contributed by atoms with E-state index in [1.54, 1.807) is 0 Å². The maximum atomic E-state index is 5.47. The van der Waals surface area contributed by atoms with E-state index in [4.69, 9.17) is 4.42 Å². The van der Waals surface area contributed by atoms with Crippen molar-refractivity contribution < 1.29 is 4.42 Å². The van der Waals surface area contributed by atoms with Gasteiger partial charge in [-0.15, -0.1) is 10.2 Å². The van der Waals surface area contributed by atoms with Crippen LogP contribution in [-0.4, -0.2) is 40.8 Å².